The highest BCUT2D eigenvalue weighted by Gasteiger charge is 2.26. The monoisotopic (exact) mass is 539 g/mol. The zero-order valence-electron chi connectivity index (χ0n) is 23.0. The van der Waals surface area contributed by atoms with Gasteiger partial charge in [0.25, 0.3) is 11.8 Å². The third-order valence-corrected chi connectivity index (χ3v) is 6.95. The Morgan fingerprint density at radius 1 is 1.05 bits per heavy atom. The van der Waals surface area contributed by atoms with Crippen LogP contribution >= 0.6 is 0 Å². The summed E-state index contributed by atoms with van der Waals surface area (Å²) in [4.78, 5) is 40.7. The van der Waals surface area contributed by atoms with E-state index < -0.39 is 11.9 Å². The molecule has 3 N–H and O–H groups in total. The molecule has 4 heterocycles. The Kier molecular flexibility index (Phi) is 7.61. The number of aryl methyl sites for hydroxylation is 2. The van der Waals surface area contributed by atoms with E-state index in [0.717, 1.165) is 22.4 Å². The van der Waals surface area contributed by atoms with Crippen molar-refractivity contribution in [2.75, 3.05) is 6.61 Å². The number of benzene rings is 1. The van der Waals surface area contributed by atoms with Crippen LogP contribution in [0.2, 0.25) is 0 Å². The van der Waals surface area contributed by atoms with Crippen LogP contribution in [0.4, 0.5) is 0 Å². The first kappa shape index (κ1) is 27.0. The van der Waals surface area contributed by atoms with Crippen molar-refractivity contribution in [2.45, 2.75) is 39.8 Å². The Hall–Kier alpha value is -4.57. The van der Waals surface area contributed by atoms with E-state index >= 15 is 0 Å². The highest BCUT2D eigenvalue weighted by molar-refractivity contribution is 6.04. The summed E-state index contributed by atoms with van der Waals surface area (Å²) in [5, 5.41) is 15.8. The first-order valence-corrected chi connectivity index (χ1v) is 13.3. The summed E-state index contributed by atoms with van der Waals surface area (Å²) < 4.78 is 3.63. The molecule has 40 heavy (non-hydrogen) atoms. The average Bonchev–Trinajstić information content (AvgIpc) is 3.48. The van der Waals surface area contributed by atoms with Crippen molar-refractivity contribution in [1.29, 1.82) is 0 Å². The van der Waals surface area contributed by atoms with Crippen LogP contribution in [0.3, 0.4) is 0 Å². The number of hydrogen-bond acceptors (Lipinski definition) is 6. The molecule has 0 bridgehead atoms. The molecule has 10 nitrogen and oxygen atoms in total. The minimum atomic E-state index is -0.415. The Morgan fingerprint density at radius 3 is 2.60 bits per heavy atom. The van der Waals surface area contributed by atoms with Gasteiger partial charge in [0.2, 0.25) is 0 Å². The van der Waals surface area contributed by atoms with E-state index in [1.807, 2.05) is 56.7 Å². The molecule has 0 fully saturated rings. The fraction of sp³-hybridized carbons (Fsp3) is 0.300. The molecule has 0 aliphatic rings. The summed E-state index contributed by atoms with van der Waals surface area (Å²) in [6, 6.07) is 14.3. The largest absolute Gasteiger partial charge is 0.394 e. The van der Waals surface area contributed by atoms with E-state index in [9.17, 15) is 14.7 Å². The van der Waals surface area contributed by atoms with E-state index in [2.05, 4.69) is 20.6 Å². The summed E-state index contributed by atoms with van der Waals surface area (Å²) in [6.45, 7) is 6.15. The SMILES string of the molecule is Cc1nc2ccc(CNC(=O)c3cccn4c(C(=O)N[C@H](CO)CC(C)C)c(-c5ccccn5)nc34)cc2n1C. The molecule has 0 unspecified atom stereocenters. The van der Waals surface area contributed by atoms with Crippen LogP contribution in [-0.2, 0) is 13.6 Å². The number of carbonyl (C=O) groups is 2. The van der Waals surface area contributed by atoms with Gasteiger partial charge in [0.05, 0.1) is 34.9 Å². The zero-order valence-corrected chi connectivity index (χ0v) is 23.0. The van der Waals surface area contributed by atoms with Crippen LogP contribution in [0, 0.1) is 12.8 Å². The van der Waals surface area contributed by atoms with Gasteiger partial charge in [0, 0.05) is 26.0 Å². The second-order valence-electron chi connectivity index (χ2n) is 10.3. The molecule has 0 saturated carbocycles. The standard InChI is InChI=1S/C30H33N7O3/c1-18(2)14-21(17-38)34-30(40)27-26(24-9-5-6-12-31-24)35-28-22(8-7-13-37(27)28)29(39)32-16-20-10-11-23-25(15-20)36(4)19(3)33-23/h5-13,15,18,21,38H,14,16-17H2,1-4H3,(H,32,39)(H,34,40)/t21-/m0/s1. The minimum Gasteiger partial charge on any atom is -0.394 e. The number of rotatable bonds is 9. The number of fused-ring (bicyclic) bond motifs is 2. The normalized spacial score (nSPS) is 12.2. The molecule has 1 atom stereocenters. The van der Waals surface area contributed by atoms with Crippen LogP contribution in [-0.4, -0.2) is 53.5 Å². The molecule has 0 spiro atoms. The molecule has 5 rings (SSSR count). The lowest BCUT2D eigenvalue weighted by Gasteiger charge is -2.18. The predicted molar refractivity (Wildman–Crippen MR) is 153 cm³/mol. The van der Waals surface area contributed by atoms with E-state index in [0.29, 0.717) is 35.6 Å². The van der Waals surface area contributed by atoms with Gasteiger partial charge < -0.3 is 20.3 Å². The summed E-state index contributed by atoms with van der Waals surface area (Å²) in [7, 11) is 1.96. The van der Waals surface area contributed by atoms with E-state index in [1.165, 1.54) is 0 Å². The van der Waals surface area contributed by atoms with Crippen molar-refractivity contribution < 1.29 is 14.7 Å². The quantitative estimate of drug-likeness (QED) is 0.262. The van der Waals surface area contributed by atoms with Crippen molar-refractivity contribution in [3.63, 3.8) is 0 Å². The average molecular weight is 540 g/mol. The van der Waals surface area contributed by atoms with Gasteiger partial charge in [0.15, 0.2) is 5.65 Å². The van der Waals surface area contributed by atoms with Gasteiger partial charge in [-0.2, -0.15) is 0 Å². The van der Waals surface area contributed by atoms with Gasteiger partial charge in [-0.1, -0.05) is 26.0 Å². The number of hydrogen-bond donors (Lipinski definition) is 3. The van der Waals surface area contributed by atoms with Gasteiger partial charge >= 0.3 is 0 Å². The minimum absolute atomic E-state index is 0.183. The number of pyridine rings is 2. The molecule has 10 heteroatoms. The fourth-order valence-electron chi connectivity index (χ4n) is 4.89. The molecule has 0 saturated heterocycles. The van der Waals surface area contributed by atoms with Crippen molar-refractivity contribution in [3.05, 3.63) is 83.6 Å². The van der Waals surface area contributed by atoms with Crippen molar-refractivity contribution in [2.24, 2.45) is 13.0 Å². The van der Waals surface area contributed by atoms with Crippen LogP contribution in [0.15, 0.2) is 60.9 Å². The first-order valence-electron chi connectivity index (χ1n) is 13.3. The van der Waals surface area contributed by atoms with Crippen molar-refractivity contribution in [1.82, 2.24) is 34.6 Å². The van der Waals surface area contributed by atoms with Crippen molar-refractivity contribution in [3.8, 4) is 11.4 Å². The zero-order chi connectivity index (χ0) is 28.4. The van der Waals surface area contributed by atoms with Gasteiger partial charge in [-0.05, 0) is 61.2 Å². The molecule has 0 aliphatic carbocycles. The van der Waals surface area contributed by atoms with E-state index in [4.69, 9.17) is 4.98 Å². The highest BCUT2D eigenvalue weighted by Crippen LogP contribution is 2.25. The van der Waals surface area contributed by atoms with Gasteiger partial charge in [-0.3, -0.25) is 19.0 Å². The predicted octanol–water partition coefficient (Wildman–Crippen LogP) is 3.66. The maximum absolute atomic E-state index is 13.6. The lowest BCUT2D eigenvalue weighted by atomic mass is 10.0. The Balaban J connectivity index is 1.48. The molecule has 0 radical (unpaired) electrons. The lowest BCUT2D eigenvalue weighted by Crippen LogP contribution is -2.39. The van der Waals surface area contributed by atoms with Crippen LogP contribution in [0.1, 0.15) is 52.5 Å². The van der Waals surface area contributed by atoms with Crippen molar-refractivity contribution >= 4 is 28.5 Å². The number of aliphatic hydroxyl groups excluding tert-OH is 1. The smallest absolute Gasteiger partial charge is 0.270 e. The Bertz CT molecular complexity index is 1690. The third-order valence-electron chi connectivity index (χ3n) is 6.95. The highest BCUT2D eigenvalue weighted by atomic mass is 16.3. The number of aliphatic hydroxyl groups is 1. The van der Waals surface area contributed by atoms with E-state index in [-0.39, 0.29) is 24.1 Å². The molecule has 1 aromatic carbocycles. The summed E-state index contributed by atoms with van der Waals surface area (Å²) >= 11 is 0. The number of carbonyl (C=O) groups excluding carboxylic acids is 2. The Morgan fingerprint density at radius 2 is 1.88 bits per heavy atom. The topological polar surface area (TPSA) is 126 Å². The van der Waals surface area contributed by atoms with Gasteiger partial charge in [0.1, 0.15) is 17.2 Å². The summed E-state index contributed by atoms with van der Waals surface area (Å²) in [5.74, 6) is 0.489. The van der Waals surface area contributed by atoms with E-state index in [1.54, 1.807) is 41.1 Å². The Labute approximate surface area is 232 Å². The molecular formula is C30H33N7O3. The first-order chi connectivity index (χ1) is 19.3. The second kappa shape index (κ2) is 11.3. The molecule has 0 aliphatic heterocycles. The van der Waals surface area contributed by atoms with Crippen LogP contribution in [0.25, 0.3) is 28.1 Å². The van der Waals surface area contributed by atoms with Gasteiger partial charge in [-0.25, -0.2) is 9.97 Å². The number of aromatic nitrogens is 5. The third kappa shape index (κ3) is 5.30. The molecule has 206 valence electrons. The van der Waals surface area contributed by atoms with Crippen LogP contribution < -0.4 is 10.6 Å². The maximum Gasteiger partial charge on any atom is 0.270 e. The molecule has 2 amide bonds. The maximum atomic E-state index is 13.6. The number of amides is 2. The number of nitrogens with zero attached hydrogens (tertiary/aromatic N) is 5. The number of nitrogens with one attached hydrogen (secondary N) is 2. The van der Waals surface area contributed by atoms with Gasteiger partial charge in [-0.15, -0.1) is 0 Å². The molecule has 4 aromatic heterocycles. The van der Waals surface area contributed by atoms with Crippen LogP contribution in [0.5, 0.6) is 0 Å². The summed E-state index contributed by atoms with van der Waals surface area (Å²) in [5.41, 5.74) is 4.63. The second-order valence-corrected chi connectivity index (χ2v) is 10.3. The fourth-order valence-corrected chi connectivity index (χ4v) is 4.89. The summed E-state index contributed by atoms with van der Waals surface area (Å²) in [6.07, 6.45) is 3.95. The molecular weight excluding hydrogens is 506 g/mol. The number of imidazole rings is 2. The lowest BCUT2D eigenvalue weighted by molar-refractivity contribution is 0.0901. The molecule has 5 aromatic rings.